The summed E-state index contributed by atoms with van der Waals surface area (Å²) in [5.74, 6) is 3.10. The lowest BCUT2D eigenvalue weighted by atomic mass is 9.78. The number of fused-ring (bicyclic) bond motifs is 1. The lowest BCUT2D eigenvalue weighted by Gasteiger charge is -2.27. The van der Waals surface area contributed by atoms with Gasteiger partial charge in [-0.15, -0.1) is 0 Å². The standard InChI is InChI=1S/C22H30/c1-5-6-10-21-20-11-8-7-9-18(20)14-22(21)19-13-12-15(2)16(3)17(19)4/h7-9,11-13,18,20-22H,5-6,10,14H2,1-4H3. The summed E-state index contributed by atoms with van der Waals surface area (Å²) in [7, 11) is 0. The Kier molecular flexibility index (Phi) is 4.57. The van der Waals surface area contributed by atoms with Gasteiger partial charge in [0.05, 0.1) is 0 Å². The van der Waals surface area contributed by atoms with E-state index in [2.05, 4.69) is 64.1 Å². The van der Waals surface area contributed by atoms with Crippen molar-refractivity contribution in [1.29, 1.82) is 0 Å². The molecule has 0 spiro atoms. The second kappa shape index (κ2) is 6.44. The zero-order valence-corrected chi connectivity index (χ0v) is 14.6. The summed E-state index contributed by atoms with van der Waals surface area (Å²) in [5, 5.41) is 0. The molecule has 4 atom stereocenters. The second-order valence-corrected chi connectivity index (χ2v) is 7.38. The Morgan fingerprint density at radius 2 is 1.77 bits per heavy atom. The summed E-state index contributed by atoms with van der Waals surface area (Å²) in [6, 6.07) is 4.76. The fourth-order valence-electron chi connectivity index (χ4n) is 4.67. The highest BCUT2D eigenvalue weighted by atomic mass is 14.5. The maximum absolute atomic E-state index is 2.49. The van der Waals surface area contributed by atoms with Gasteiger partial charge in [0.25, 0.3) is 0 Å². The first-order chi connectivity index (χ1) is 10.6. The number of unbranched alkanes of at least 4 members (excludes halogenated alkanes) is 1. The van der Waals surface area contributed by atoms with Crippen molar-refractivity contribution in [1.82, 2.24) is 0 Å². The molecular formula is C22H30. The van der Waals surface area contributed by atoms with Gasteiger partial charge in [0.15, 0.2) is 0 Å². The first-order valence-electron chi connectivity index (χ1n) is 9.05. The summed E-state index contributed by atoms with van der Waals surface area (Å²) in [6.45, 7) is 9.18. The molecule has 0 saturated heterocycles. The molecule has 0 heteroatoms. The number of benzene rings is 1. The summed E-state index contributed by atoms with van der Waals surface area (Å²) in [6.07, 6.45) is 14.9. The maximum atomic E-state index is 2.49. The molecular weight excluding hydrogens is 264 g/mol. The van der Waals surface area contributed by atoms with Gasteiger partial charge in [0.1, 0.15) is 0 Å². The first-order valence-corrected chi connectivity index (χ1v) is 9.05. The second-order valence-electron chi connectivity index (χ2n) is 7.38. The molecule has 2 aliphatic carbocycles. The first kappa shape index (κ1) is 15.6. The van der Waals surface area contributed by atoms with Crippen LogP contribution in [0.3, 0.4) is 0 Å². The lowest BCUT2D eigenvalue weighted by molar-refractivity contribution is 0.359. The van der Waals surface area contributed by atoms with Crippen LogP contribution < -0.4 is 0 Å². The van der Waals surface area contributed by atoms with E-state index in [-0.39, 0.29) is 0 Å². The molecule has 0 nitrogen and oxygen atoms in total. The molecule has 1 aromatic carbocycles. The number of hydrogen-bond acceptors (Lipinski definition) is 0. The third kappa shape index (κ3) is 2.69. The fraction of sp³-hybridized carbons (Fsp3) is 0.545. The number of aryl methyl sites for hydroxylation is 1. The molecule has 3 rings (SSSR count). The normalized spacial score (nSPS) is 29.8. The van der Waals surface area contributed by atoms with Crippen LogP contribution >= 0.6 is 0 Å². The van der Waals surface area contributed by atoms with Crippen molar-refractivity contribution < 1.29 is 0 Å². The molecule has 0 amide bonds. The number of hydrogen-bond donors (Lipinski definition) is 0. The molecule has 118 valence electrons. The van der Waals surface area contributed by atoms with Crippen LogP contribution in [0.5, 0.6) is 0 Å². The molecule has 1 aromatic rings. The van der Waals surface area contributed by atoms with Gasteiger partial charge in [0, 0.05) is 0 Å². The molecule has 0 aliphatic heterocycles. The molecule has 0 bridgehead atoms. The van der Waals surface area contributed by atoms with Crippen molar-refractivity contribution in [3.63, 3.8) is 0 Å². The van der Waals surface area contributed by atoms with Gasteiger partial charge in [-0.2, -0.15) is 0 Å². The average Bonchev–Trinajstić information content (AvgIpc) is 2.89. The van der Waals surface area contributed by atoms with Crippen LogP contribution in [0.25, 0.3) is 0 Å². The molecule has 0 radical (unpaired) electrons. The van der Waals surface area contributed by atoms with E-state index >= 15 is 0 Å². The summed E-state index contributed by atoms with van der Waals surface area (Å²) in [5.41, 5.74) is 6.09. The van der Waals surface area contributed by atoms with Crippen molar-refractivity contribution in [2.75, 3.05) is 0 Å². The Morgan fingerprint density at radius 3 is 2.55 bits per heavy atom. The van der Waals surface area contributed by atoms with Crippen molar-refractivity contribution in [3.05, 3.63) is 58.7 Å². The van der Waals surface area contributed by atoms with Crippen LogP contribution in [0, 0.1) is 38.5 Å². The molecule has 0 N–H and O–H groups in total. The van der Waals surface area contributed by atoms with E-state index in [1.54, 1.807) is 5.56 Å². The monoisotopic (exact) mass is 294 g/mol. The predicted molar refractivity (Wildman–Crippen MR) is 96.3 cm³/mol. The highest BCUT2D eigenvalue weighted by Crippen LogP contribution is 2.52. The lowest BCUT2D eigenvalue weighted by Crippen LogP contribution is -2.16. The van der Waals surface area contributed by atoms with Crippen LogP contribution in [0.2, 0.25) is 0 Å². The van der Waals surface area contributed by atoms with E-state index < -0.39 is 0 Å². The van der Waals surface area contributed by atoms with E-state index in [1.165, 1.54) is 42.4 Å². The van der Waals surface area contributed by atoms with E-state index in [4.69, 9.17) is 0 Å². The van der Waals surface area contributed by atoms with Gasteiger partial charge in [-0.05, 0) is 79.5 Å². The zero-order valence-electron chi connectivity index (χ0n) is 14.6. The third-order valence-corrected chi connectivity index (χ3v) is 6.22. The fourth-order valence-corrected chi connectivity index (χ4v) is 4.67. The Morgan fingerprint density at radius 1 is 1.00 bits per heavy atom. The third-order valence-electron chi connectivity index (χ3n) is 6.22. The van der Waals surface area contributed by atoms with Crippen LogP contribution in [-0.2, 0) is 0 Å². The topological polar surface area (TPSA) is 0 Å². The van der Waals surface area contributed by atoms with Crippen LogP contribution in [0.1, 0.15) is 60.8 Å². The van der Waals surface area contributed by atoms with Gasteiger partial charge < -0.3 is 0 Å². The minimum absolute atomic E-state index is 0.744. The van der Waals surface area contributed by atoms with Crippen LogP contribution in [0.15, 0.2) is 36.4 Å². The minimum atomic E-state index is 0.744. The van der Waals surface area contributed by atoms with Gasteiger partial charge in [0.2, 0.25) is 0 Å². The quantitative estimate of drug-likeness (QED) is 0.614. The van der Waals surface area contributed by atoms with Crippen molar-refractivity contribution in [2.45, 2.75) is 59.3 Å². The van der Waals surface area contributed by atoms with E-state index in [0.717, 1.165) is 23.7 Å². The smallest absolute Gasteiger partial charge is 0.0119 e. The molecule has 1 saturated carbocycles. The molecule has 1 fully saturated rings. The van der Waals surface area contributed by atoms with Crippen molar-refractivity contribution in [3.8, 4) is 0 Å². The van der Waals surface area contributed by atoms with Gasteiger partial charge >= 0.3 is 0 Å². The Bertz CT molecular complexity index is 590. The SMILES string of the molecule is CCCCC1C(c2ccc(C)c(C)c2C)CC2C=CC=CC21. The van der Waals surface area contributed by atoms with Gasteiger partial charge in [-0.1, -0.05) is 56.2 Å². The molecule has 4 unspecified atom stereocenters. The predicted octanol–water partition coefficient (Wildman–Crippen LogP) is 6.26. The Balaban J connectivity index is 1.95. The van der Waals surface area contributed by atoms with Crippen LogP contribution in [-0.4, -0.2) is 0 Å². The minimum Gasteiger partial charge on any atom is -0.0808 e. The highest BCUT2D eigenvalue weighted by molar-refractivity contribution is 5.42. The van der Waals surface area contributed by atoms with Crippen LogP contribution in [0.4, 0.5) is 0 Å². The van der Waals surface area contributed by atoms with E-state index in [9.17, 15) is 0 Å². The largest absolute Gasteiger partial charge is 0.0808 e. The molecule has 0 heterocycles. The Hall–Kier alpha value is -1.30. The Labute approximate surface area is 136 Å². The maximum Gasteiger partial charge on any atom is -0.0119 e. The number of rotatable bonds is 4. The summed E-state index contributed by atoms with van der Waals surface area (Å²) >= 11 is 0. The molecule has 2 aliphatic rings. The van der Waals surface area contributed by atoms with Gasteiger partial charge in [-0.3, -0.25) is 0 Å². The highest BCUT2D eigenvalue weighted by Gasteiger charge is 2.41. The average molecular weight is 294 g/mol. The zero-order chi connectivity index (χ0) is 15.7. The van der Waals surface area contributed by atoms with Crippen molar-refractivity contribution >= 4 is 0 Å². The van der Waals surface area contributed by atoms with E-state index in [0.29, 0.717) is 0 Å². The number of allylic oxidation sites excluding steroid dienone is 4. The van der Waals surface area contributed by atoms with Gasteiger partial charge in [-0.25, -0.2) is 0 Å². The van der Waals surface area contributed by atoms with E-state index in [1.807, 2.05) is 0 Å². The van der Waals surface area contributed by atoms with Crippen molar-refractivity contribution in [2.24, 2.45) is 17.8 Å². The molecule has 22 heavy (non-hydrogen) atoms. The summed E-state index contributed by atoms with van der Waals surface area (Å²) in [4.78, 5) is 0. The summed E-state index contributed by atoms with van der Waals surface area (Å²) < 4.78 is 0. The molecule has 0 aromatic heterocycles.